The molecule has 0 bridgehead atoms. The summed E-state index contributed by atoms with van der Waals surface area (Å²) in [6.45, 7) is 3.63. The second-order valence-electron chi connectivity index (χ2n) is 5.42. The molecule has 124 valence electrons. The van der Waals surface area contributed by atoms with E-state index in [-0.39, 0.29) is 11.9 Å². The van der Waals surface area contributed by atoms with Gasteiger partial charge in [-0.2, -0.15) is 0 Å². The molecule has 1 N–H and O–H groups in total. The van der Waals surface area contributed by atoms with Crippen molar-refractivity contribution in [3.8, 4) is 17.3 Å². The summed E-state index contributed by atoms with van der Waals surface area (Å²) in [5, 5.41) is 6.84. The minimum atomic E-state index is -0.268. The standard InChI is InChI=1S/C18H18N2O4/c1-11(13-6-4-7-14(10-13)22-3)19-18(21)16-12(2)20-24-17(16)15-8-5-9-23-15/h4-11H,1-3H3,(H,19,21)/t11-/m1/s1. The number of hydrogen-bond acceptors (Lipinski definition) is 5. The molecule has 0 saturated heterocycles. The van der Waals surface area contributed by atoms with Gasteiger partial charge in [0.15, 0.2) is 5.76 Å². The molecule has 0 aliphatic rings. The Morgan fingerprint density at radius 2 is 2.12 bits per heavy atom. The first kappa shape index (κ1) is 15.9. The smallest absolute Gasteiger partial charge is 0.257 e. The molecule has 0 saturated carbocycles. The van der Waals surface area contributed by atoms with Crippen LogP contribution in [0.4, 0.5) is 0 Å². The van der Waals surface area contributed by atoms with Gasteiger partial charge in [0.05, 0.1) is 25.1 Å². The molecule has 3 rings (SSSR count). The van der Waals surface area contributed by atoms with Crippen molar-refractivity contribution >= 4 is 5.91 Å². The number of ether oxygens (including phenoxy) is 1. The summed E-state index contributed by atoms with van der Waals surface area (Å²) in [4.78, 5) is 12.7. The summed E-state index contributed by atoms with van der Waals surface area (Å²) in [5.74, 6) is 1.27. The number of carbonyl (C=O) groups is 1. The highest BCUT2D eigenvalue weighted by Crippen LogP contribution is 2.27. The zero-order valence-electron chi connectivity index (χ0n) is 13.7. The number of furan rings is 1. The lowest BCUT2D eigenvalue weighted by atomic mass is 10.1. The number of carbonyl (C=O) groups excluding carboxylic acids is 1. The number of amides is 1. The second kappa shape index (κ2) is 6.62. The molecule has 0 unspecified atom stereocenters. The molecular weight excluding hydrogens is 308 g/mol. The zero-order valence-corrected chi connectivity index (χ0v) is 13.7. The van der Waals surface area contributed by atoms with E-state index < -0.39 is 0 Å². The van der Waals surface area contributed by atoms with Crippen molar-refractivity contribution in [3.05, 3.63) is 59.5 Å². The Morgan fingerprint density at radius 3 is 2.83 bits per heavy atom. The molecule has 3 aromatic rings. The average molecular weight is 326 g/mol. The van der Waals surface area contributed by atoms with E-state index in [1.807, 2.05) is 31.2 Å². The number of hydrogen-bond donors (Lipinski definition) is 1. The van der Waals surface area contributed by atoms with Gasteiger partial charge in [-0.05, 0) is 43.7 Å². The maximum Gasteiger partial charge on any atom is 0.257 e. The summed E-state index contributed by atoms with van der Waals surface area (Å²) in [6.07, 6.45) is 1.52. The van der Waals surface area contributed by atoms with Gasteiger partial charge in [0.25, 0.3) is 5.91 Å². The lowest BCUT2D eigenvalue weighted by Gasteiger charge is -2.15. The Hall–Kier alpha value is -3.02. The molecular formula is C18H18N2O4. The average Bonchev–Trinajstić information content (AvgIpc) is 3.24. The van der Waals surface area contributed by atoms with Crippen molar-refractivity contribution in [3.63, 3.8) is 0 Å². The summed E-state index contributed by atoms with van der Waals surface area (Å²) in [7, 11) is 1.61. The van der Waals surface area contributed by atoms with Crippen LogP contribution in [-0.2, 0) is 0 Å². The van der Waals surface area contributed by atoms with Gasteiger partial charge in [0.1, 0.15) is 11.3 Å². The zero-order chi connectivity index (χ0) is 17.1. The quantitative estimate of drug-likeness (QED) is 0.773. The van der Waals surface area contributed by atoms with Crippen LogP contribution >= 0.6 is 0 Å². The fraction of sp³-hybridized carbons (Fsp3) is 0.222. The third-order valence-corrected chi connectivity index (χ3v) is 3.78. The fourth-order valence-corrected chi connectivity index (χ4v) is 2.48. The van der Waals surface area contributed by atoms with Crippen LogP contribution < -0.4 is 10.1 Å². The second-order valence-corrected chi connectivity index (χ2v) is 5.42. The van der Waals surface area contributed by atoms with Crippen molar-refractivity contribution in [1.29, 1.82) is 0 Å². The van der Waals surface area contributed by atoms with E-state index in [9.17, 15) is 4.79 Å². The highest BCUT2D eigenvalue weighted by Gasteiger charge is 2.24. The van der Waals surface area contributed by atoms with Crippen LogP contribution in [-0.4, -0.2) is 18.2 Å². The Labute approximate surface area is 139 Å². The third kappa shape index (κ3) is 3.03. The maximum atomic E-state index is 12.7. The van der Waals surface area contributed by atoms with Gasteiger partial charge in [0, 0.05) is 0 Å². The Morgan fingerprint density at radius 1 is 1.29 bits per heavy atom. The van der Waals surface area contributed by atoms with E-state index >= 15 is 0 Å². The molecule has 0 aliphatic carbocycles. The molecule has 6 nitrogen and oxygen atoms in total. The van der Waals surface area contributed by atoms with E-state index in [4.69, 9.17) is 13.7 Å². The van der Waals surface area contributed by atoms with Crippen LogP contribution in [0.5, 0.6) is 5.75 Å². The number of aromatic nitrogens is 1. The molecule has 0 fully saturated rings. The van der Waals surface area contributed by atoms with Crippen molar-refractivity contribution in [2.75, 3.05) is 7.11 Å². The number of nitrogens with zero attached hydrogens (tertiary/aromatic N) is 1. The molecule has 1 amide bonds. The minimum Gasteiger partial charge on any atom is -0.497 e. The molecule has 2 heterocycles. The predicted octanol–water partition coefficient (Wildman–Crippen LogP) is 3.74. The number of nitrogens with one attached hydrogen (secondary N) is 1. The van der Waals surface area contributed by atoms with Crippen LogP contribution in [0.25, 0.3) is 11.5 Å². The van der Waals surface area contributed by atoms with Gasteiger partial charge in [0.2, 0.25) is 5.76 Å². The molecule has 0 radical (unpaired) electrons. The van der Waals surface area contributed by atoms with Gasteiger partial charge < -0.3 is 19.0 Å². The Kier molecular flexibility index (Phi) is 4.37. The first-order chi connectivity index (χ1) is 11.6. The number of benzene rings is 1. The van der Waals surface area contributed by atoms with Crippen LogP contribution in [0.1, 0.15) is 34.6 Å². The van der Waals surface area contributed by atoms with E-state index in [0.717, 1.165) is 11.3 Å². The number of methoxy groups -OCH3 is 1. The van der Waals surface area contributed by atoms with Gasteiger partial charge in [-0.25, -0.2) is 0 Å². The topological polar surface area (TPSA) is 77.5 Å². The lowest BCUT2D eigenvalue weighted by Crippen LogP contribution is -2.27. The molecule has 2 aromatic heterocycles. The van der Waals surface area contributed by atoms with Crippen LogP contribution in [0, 0.1) is 6.92 Å². The third-order valence-electron chi connectivity index (χ3n) is 3.78. The first-order valence-corrected chi connectivity index (χ1v) is 7.55. The van der Waals surface area contributed by atoms with E-state index in [0.29, 0.717) is 22.8 Å². The van der Waals surface area contributed by atoms with Crippen molar-refractivity contribution in [2.24, 2.45) is 0 Å². The fourth-order valence-electron chi connectivity index (χ4n) is 2.48. The first-order valence-electron chi connectivity index (χ1n) is 7.55. The Bertz CT molecular complexity index is 837. The highest BCUT2D eigenvalue weighted by atomic mass is 16.5. The van der Waals surface area contributed by atoms with Crippen LogP contribution in [0.15, 0.2) is 51.6 Å². The van der Waals surface area contributed by atoms with Gasteiger partial charge >= 0.3 is 0 Å². The summed E-state index contributed by atoms with van der Waals surface area (Å²) in [5.41, 5.74) is 1.83. The largest absolute Gasteiger partial charge is 0.497 e. The SMILES string of the molecule is COc1cccc([C@@H](C)NC(=O)c2c(C)noc2-c2ccco2)c1. The number of rotatable bonds is 5. The highest BCUT2D eigenvalue weighted by molar-refractivity contribution is 6.00. The normalized spacial score (nSPS) is 12.0. The predicted molar refractivity (Wildman–Crippen MR) is 87.8 cm³/mol. The van der Waals surface area contributed by atoms with Gasteiger partial charge in [-0.1, -0.05) is 17.3 Å². The Balaban J connectivity index is 1.84. The van der Waals surface area contributed by atoms with E-state index in [2.05, 4.69) is 10.5 Å². The van der Waals surface area contributed by atoms with E-state index in [1.165, 1.54) is 6.26 Å². The molecule has 1 atom stereocenters. The molecule has 0 spiro atoms. The minimum absolute atomic E-state index is 0.202. The lowest BCUT2D eigenvalue weighted by molar-refractivity contribution is 0.0939. The van der Waals surface area contributed by atoms with Crippen molar-refractivity contribution in [1.82, 2.24) is 10.5 Å². The monoisotopic (exact) mass is 326 g/mol. The maximum absolute atomic E-state index is 12.7. The summed E-state index contributed by atoms with van der Waals surface area (Å²) < 4.78 is 15.8. The van der Waals surface area contributed by atoms with Crippen molar-refractivity contribution in [2.45, 2.75) is 19.9 Å². The van der Waals surface area contributed by atoms with Crippen molar-refractivity contribution < 1.29 is 18.5 Å². The van der Waals surface area contributed by atoms with E-state index in [1.54, 1.807) is 26.2 Å². The number of aryl methyl sites for hydroxylation is 1. The van der Waals surface area contributed by atoms with Gasteiger partial charge in [-0.3, -0.25) is 4.79 Å². The molecule has 0 aliphatic heterocycles. The summed E-state index contributed by atoms with van der Waals surface area (Å²) >= 11 is 0. The van der Waals surface area contributed by atoms with Gasteiger partial charge in [-0.15, -0.1) is 0 Å². The molecule has 1 aromatic carbocycles. The molecule has 6 heteroatoms. The molecule has 24 heavy (non-hydrogen) atoms. The summed E-state index contributed by atoms with van der Waals surface area (Å²) in [6, 6.07) is 10.8. The van der Waals surface area contributed by atoms with Crippen LogP contribution in [0.3, 0.4) is 0 Å². The van der Waals surface area contributed by atoms with Crippen LogP contribution in [0.2, 0.25) is 0 Å².